The Bertz CT molecular complexity index is 963. The molecule has 0 aromatic heterocycles. The van der Waals surface area contributed by atoms with Gasteiger partial charge in [0.1, 0.15) is 17.9 Å². The van der Waals surface area contributed by atoms with E-state index in [1.54, 1.807) is 35.9 Å². The molecule has 2 saturated heterocycles. The summed E-state index contributed by atoms with van der Waals surface area (Å²) in [6.45, 7) is 6.00. The van der Waals surface area contributed by atoms with Gasteiger partial charge in [-0.3, -0.25) is 14.4 Å². The molecule has 0 aliphatic carbocycles. The molecular formula is C25H38ClFN6O4. The molecule has 4 N–H and O–H groups in total. The van der Waals surface area contributed by atoms with Crippen LogP contribution in [0.2, 0.25) is 0 Å². The Morgan fingerprint density at radius 2 is 1.76 bits per heavy atom. The van der Waals surface area contributed by atoms with E-state index in [0.29, 0.717) is 25.8 Å². The average molecular weight is 541 g/mol. The highest BCUT2D eigenvalue weighted by molar-refractivity contribution is 5.94. The number of hydrogen-bond donors (Lipinski definition) is 4. The smallest absolute Gasteiger partial charge is 0.317 e. The quantitative estimate of drug-likeness (QED) is 0.413. The number of likely N-dealkylation sites (N-methyl/N-ethyl adjacent to an activating group) is 1. The van der Waals surface area contributed by atoms with Crippen LogP contribution in [0.5, 0.6) is 0 Å². The first-order valence-electron chi connectivity index (χ1n) is 12.5. The summed E-state index contributed by atoms with van der Waals surface area (Å²) in [5.74, 6) is -1.39. The minimum absolute atomic E-state index is 0. The molecule has 5 amide bonds. The van der Waals surface area contributed by atoms with Crippen LogP contribution in [0.25, 0.3) is 0 Å². The van der Waals surface area contributed by atoms with E-state index in [2.05, 4.69) is 21.3 Å². The number of carbonyl (C=O) groups excluding carboxylic acids is 4. The van der Waals surface area contributed by atoms with Crippen LogP contribution in [0.3, 0.4) is 0 Å². The molecule has 12 heteroatoms. The highest BCUT2D eigenvalue weighted by Gasteiger charge is 2.45. The van der Waals surface area contributed by atoms with E-state index in [1.807, 2.05) is 13.8 Å². The number of nitrogens with one attached hydrogen (secondary N) is 4. The zero-order valence-electron chi connectivity index (χ0n) is 21.8. The second-order valence-corrected chi connectivity index (χ2v) is 9.75. The van der Waals surface area contributed by atoms with Crippen molar-refractivity contribution >= 4 is 36.2 Å². The van der Waals surface area contributed by atoms with Crippen LogP contribution in [0.4, 0.5) is 9.18 Å². The Kier molecular flexibility index (Phi) is 11.1. The predicted octanol–water partition coefficient (Wildman–Crippen LogP) is 1.14. The van der Waals surface area contributed by atoms with Crippen LogP contribution >= 0.6 is 12.4 Å². The maximum atomic E-state index is 13.8. The van der Waals surface area contributed by atoms with Crippen LogP contribution in [0, 0.1) is 5.82 Å². The lowest BCUT2D eigenvalue weighted by molar-refractivity contribution is -0.144. The van der Waals surface area contributed by atoms with Gasteiger partial charge in [0, 0.05) is 25.2 Å². The van der Waals surface area contributed by atoms with Crippen LogP contribution < -0.4 is 21.3 Å². The topological polar surface area (TPSA) is 123 Å². The minimum Gasteiger partial charge on any atom is -0.350 e. The molecule has 0 bridgehead atoms. The predicted molar refractivity (Wildman–Crippen MR) is 139 cm³/mol. The minimum atomic E-state index is -0.987. The first-order chi connectivity index (χ1) is 17.1. The van der Waals surface area contributed by atoms with E-state index >= 15 is 0 Å². The lowest BCUT2D eigenvalue weighted by Crippen LogP contribution is -2.63. The van der Waals surface area contributed by atoms with Gasteiger partial charge in [0.05, 0.1) is 12.6 Å². The molecule has 2 aliphatic rings. The van der Waals surface area contributed by atoms with Gasteiger partial charge in [0.2, 0.25) is 17.7 Å². The van der Waals surface area contributed by atoms with Gasteiger partial charge in [-0.2, -0.15) is 0 Å². The number of carbonyl (C=O) groups is 4. The first kappa shape index (κ1) is 30.3. The lowest BCUT2D eigenvalue weighted by atomic mass is 10.1. The third-order valence-electron chi connectivity index (χ3n) is 6.72. The molecule has 2 fully saturated rings. The summed E-state index contributed by atoms with van der Waals surface area (Å²) in [7, 11) is 1.64. The molecular weight excluding hydrogens is 503 g/mol. The number of fused-ring (bicyclic) bond motifs is 1. The lowest BCUT2D eigenvalue weighted by Gasteiger charge is -2.39. The fourth-order valence-corrected chi connectivity index (χ4v) is 4.60. The van der Waals surface area contributed by atoms with Crippen molar-refractivity contribution in [1.29, 1.82) is 0 Å². The largest absolute Gasteiger partial charge is 0.350 e. The molecule has 2 heterocycles. The Labute approximate surface area is 223 Å². The number of amides is 5. The van der Waals surface area contributed by atoms with E-state index in [0.717, 1.165) is 5.56 Å². The zero-order chi connectivity index (χ0) is 26.4. The number of rotatable bonds is 7. The molecule has 10 nitrogen and oxygen atoms in total. The maximum absolute atomic E-state index is 13.8. The number of nitrogens with zero attached hydrogens (tertiary/aromatic N) is 2. The molecule has 0 radical (unpaired) electrons. The van der Waals surface area contributed by atoms with Gasteiger partial charge in [0.15, 0.2) is 0 Å². The van der Waals surface area contributed by atoms with Gasteiger partial charge >= 0.3 is 6.03 Å². The first-order valence-corrected chi connectivity index (χ1v) is 12.5. The second-order valence-electron chi connectivity index (χ2n) is 9.75. The molecule has 1 aromatic carbocycles. The van der Waals surface area contributed by atoms with Crippen molar-refractivity contribution in [3.05, 3.63) is 35.6 Å². The Balaban J connectivity index is 0.00000481. The Morgan fingerprint density at radius 3 is 2.38 bits per heavy atom. The van der Waals surface area contributed by atoms with Crippen LogP contribution in [-0.4, -0.2) is 83.9 Å². The average Bonchev–Trinajstić information content (AvgIpc) is 3.26. The van der Waals surface area contributed by atoms with Crippen molar-refractivity contribution < 1.29 is 23.6 Å². The second kappa shape index (κ2) is 13.6. The molecule has 0 saturated carbocycles. The number of urea groups is 1. The van der Waals surface area contributed by atoms with Gasteiger partial charge in [-0.15, -0.1) is 12.4 Å². The van der Waals surface area contributed by atoms with Gasteiger partial charge in [-0.05, 0) is 64.8 Å². The summed E-state index contributed by atoms with van der Waals surface area (Å²) in [5, 5.41) is 11.3. The summed E-state index contributed by atoms with van der Waals surface area (Å²) in [6, 6.07) is 3.05. The fourth-order valence-electron chi connectivity index (χ4n) is 4.60. The van der Waals surface area contributed by atoms with Crippen molar-refractivity contribution in [2.45, 2.75) is 76.8 Å². The summed E-state index contributed by atoms with van der Waals surface area (Å²) in [5.41, 5.74) is 0.747. The third-order valence-corrected chi connectivity index (χ3v) is 6.72. The van der Waals surface area contributed by atoms with Gasteiger partial charge in [-0.25, -0.2) is 9.18 Å². The molecule has 0 unspecified atom stereocenters. The monoisotopic (exact) mass is 540 g/mol. The van der Waals surface area contributed by atoms with E-state index in [-0.39, 0.29) is 67.2 Å². The fraction of sp³-hybridized carbons (Fsp3) is 0.600. The molecule has 1 aromatic rings. The molecule has 3 rings (SSSR count). The zero-order valence-corrected chi connectivity index (χ0v) is 22.6. The van der Waals surface area contributed by atoms with Gasteiger partial charge in [0.25, 0.3) is 0 Å². The van der Waals surface area contributed by atoms with Crippen molar-refractivity contribution in [3.63, 3.8) is 0 Å². The van der Waals surface area contributed by atoms with Crippen LogP contribution in [0.15, 0.2) is 24.3 Å². The van der Waals surface area contributed by atoms with Crippen molar-refractivity contribution in [1.82, 2.24) is 31.1 Å². The van der Waals surface area contributed by atoms with Crippen molar-refractivity contribution in [3.8, 4) is 0 Å². The summed E-state index contributed by atoms with van der Waals surface area (Å²) >= 11 is 0. The SMILES string of the molecule is CN[C@@H](C)C(=O)N[C@H]1CN(C(=O)NC(C)C)CC[C@H]2CC[C@@H](C(=O)NCc3ccc(F)cc3)N2C1=O.Cl. The molecule has 37 heavy (non-hydrogen) atoms. The number of halogens is 2. The Hall–Kier alpha value is -2.92. The van der Waals surface area contributed by atoms with Gasteiger partial charge < -0.3 is 31.1 Å². The highest BCUT2D eigenvalue weighted by Crippen LogP contribution is 2.29. The third kappa shape index (κ3) is 7.78. The normalized spacial score (nSPS) is 22.3. The van der Waals surface area contributed by atoms with E-state index in [9.17, 15) is 23.6 Å². The van der Waals surface area contributed by atoms with Crippen molar-refractivity contribution in [2.24, 2.45) is 0 Å². The van der Waals surface area contributed by atoms with Crippen LogP contribution in [0.1, 0.15) is 45.6 Å². The van der Waals surface area contributed by atoms with Crippen molar-refractivity contribution in [2.75, 3.05) is 20.1 Å². The standard InChI is InChI=1S/C25H37FN6O4.ClH/c1-15(2)29-25(36)31-12-11-19-9-10-21(23(34)28-13-17-5-7-18(26)8-6-17)32(19)24(35)20(14-31)30-22(33)16(3)27-4;/h5-8,15-16,19-21,27H,9-14H2,1-4H3,(H,28,34)(H,29,36)(H,30,33);1H/t16-,19+,20-,21-;/m0./s1. The Morgan fingerprint density at radius 1 is 1.08 bits per heavy atom. The van der Waals surface area contributed by atoms with E-state index < -0.39 is 18.1 Å². The van der Waals surface area contributed by atoms with Crippen LogP contribution in [-0.2, 0) is 20.9 Å². The van der Waals surface area contributed by atoms with E-state index in [4.69, 9.17) is 0 Å². The molecule has 0 spiro atoms. The maximum Gasteiger partial charge on any atom is 0.317 e. The summed E-state index contributed by atoms with van der Waals surface area (Å²) in [4.78, 5) is 55.5. The number of hydrogen-bond acceptors (Lipinski definition) is 5. The molecule has 4 atom stereocenters. The summed E-state index contributed by atoms with van der Waals surface area (Å²) < 4.78 is 13.2. The van der Waals surface area contributed by atoms with Gasteiger partial charge in [-0.1, -0.05) is 12.1 Å². The summed E-state index contributed by atoms with van der Waals surface area (Å²) in [6.07, 6.45) is 1.64. The number of benzene rings is 1. The highest BCUT2D eigenvalue weighted by atomic mass is 35.5. The van der Waals surface area contributed by atoms with E-state index in [1.165, 1.54) is 12.1 Å². The molecule has 2 aliphatic heterocycles. The molecule has 206 valence electrons.